The van der Waals surface area contributed by atoms with Gasteiger partial charge in [-0.15, -0.1) is 0 Å². The van der Waals surface area contributed by atoms with Crippen molar-refractivity contribution in [2.75, 3.05) is 0 Å². The number of carbonyl (C=O) groups is 1. The lowest BCUT2D eigenvalue weighted by atomic mass is 10.0. The summed E-state index contributed by atoms with van der Waals surface area (Å²) in [7, 11) is 0. The minimum absolute atomic E-state index is 0.751. The van der Waals surface area contributed by atoms with Crippen LogP contribution in [0.2, 0.25) is 0 Å². The fraction of sp³-hybridized carbons (Fsp3) is 0.571. The van der Waals surface area contributed by atoms with E-state index in [9.17, 15) is 36.2 Å². The van der Waals surface area contributed by atoms with Crippen molar-refractivity contribution in [1.29, 1.82) is 0 Å². The van der Waals surface area contributed by atoms with Crippen LogP contribution in [0.15, 0.2) is 12.3 Å². The van der Waals surface area contributed by atoms with Gasteiger partial charge in [0.2, 0.25) is 0 Å². The Morgan fingerprint density at radius 2 is 1.44 bits per heavy atom. The number of alkyl halides is 6. The zero-order valence-corrected chi connectivity index (χ0v) is 7.70. The standard InChI is InChI=1S/C7H5F6O3/c1-3(2)16-4(14)5(15,6(8,9)10)7(11,12)13/h1H2,2H3/q-1. The maximum Gasteiger partial charge on any atom is 0.399 e. The van der Waals surface area contributed by atoms with Gasteiger partial charge in [0.15, 0.2) is 5.60 Å². The van der Waals surface area contributed by atoms with E-state index in [2.05, 4.69) is 11.3 Å². The molecule has 0 amide bonds. The molecule has 0 saturated carbocycles. The molecule has 0 aromatic heterocycles. The Kier molecular flexibility index (Phi) is 3.65. The van der Waals surface area contributed by atoms with Gasteiger partial charge >= 0.3 is 18.3 Å². The van der Waals surface area contributed by atoms with Gasteiger partial charge in [-0.1, -0.05) is 6.58 Å². The SMILES string of the molecule is C=C(C)OC(=O)C([O-])(C(F)(F)F)C(F)(F)F. The van der Waals surface area contributed by atoms with Gasteiger partial charge in [-0.3, -0.25) is 4.79 Å². The second-order valence-electron chi connectivity index (χ2n) is 2.77. The first-order valence-corrected chi connectivity index (χ1v) is 3.55. The topological polar surface area (TPSA) is 49.4 Å². The predicted molar refractivity (Wildman–Crippen MR) is 35.7 cm³/mol. The number of rotatable bonds is 2. The van der Waals surface area contributed by atoms with Gasteiger partial charge in [-0.25, -0.2) is 0 Å². The fourth-order valence-corrected chi connectivity index (χ4v) is 0.622. The van der Waals surface area contributed by atoms with Crippen molar-refractivity contribution in [3.63, 3.8) is 0 Å². The summed E-state index contributed by atoms with van der Waals surface area (Å²) in [6.45, 7) is 3.58. The van der Waals surface area contributed by atoms with E-state index >= 15 is 0 Å². The summed E-state index contributed by atoms with van der Waals surface area (Å²) >= 11 is 0. The number of carbonyl (C=O) groups excluding carboxylic acids is 1. The minimum atomic E-state index is -6.35. The van der Waals surface area contributed by atoms with E-state index in [0.29, 0.717) is 0 Å². The first-order chi connectivity index (χ1) is 6.84. The summed E-state index contributed by atoms with van der Waals surface area (Å²) < 4.78 is 75.1. The van der Waals surface area contributed by atoms with E-state index in [1.165, 1.54) is 0 Å². The van der Waals surface area contributed by atoms with Crippen LogP contribution in [-0.2, 0) is 9.53 Å². The van der Waals surface area contributed by atoms with Gasteiger partial charge in [0.1, 0.15) is 0 Å². The van der Waals surface area contributed by atoms with Gasteiger partial charge < -0.3 is 9.84 Å². The molecule has 16 heavy (non-hydrogen) atoms. The molecule has 0 spiro atoms. The number of allylic oxidation sites excluding steroid dienone is 1. The van der Waals surface area contributed by atoms with Crippen molar-refractivity contribution in [1.82, 2.24) is 0 Å². The van der Waals surface area contributed by atoms with E-state index in [4.69, 9.17) is 0 Å². The van der Waals surface area contributed by atoms with Crippen LogP contribution in [0.25, 0.3) is 0 Å². The molecule has 0 N–H and O–H groups in total. The first kappa shape index (κ1) is 14.8. The fourth-order valence-electron chi connectivity index (χ4n) is 0.622. The molecule has 0 saturated heterocycles. The number of hydrogen-bond acceptors (Lipinski definition) is 3. The third-order valence-corrected chi connectivity index (χ3v) is 1.35. The molecule has 0 heterocycles. The Bertz CT molecular complexity index is 288. The summed E-state index contributed by atoms with van der Waals surface area (Å²) in [5, 5.41) is 10.6. The lowest BCUT2D eigenvalue weighted by Crippen LogP contribution is -2.71. The largest absolute Gasteiger partial charge is 0.828 e. The van der Waals surface area contributed by atoms with Crippen LogP contribution in [0.5, 0.6) is 0 Å². The zero-order chi connectivity index (χ0) is 13.4. The van der Waals surface area contributed by atoms with E-state index in [1.807, 2.05) is 0 Å². The van der Waals surface area contributed by atoms with E-state index in [-0.39, 0.29) is 0 Å². The normalized spacial score (nSPS) is 13.5. The molecule has 3 nitrogen and oxygen atoms in total. The maximum atomic E-state index is 11.9. The molecule has 0 aromatic carbocycles. The molecule has 0 aromatic rings. The molecular weight excluding hydrogens is 246 g/mol. The smallest absolute Gasteiger partial charge is 0.399 e. The van der Waals surface area contributed by atoms with Gasteiger partial charge in [-0.2, -0.15) is 26.3 Å². The van der Waals surface area contributed by atoms with Gasteiger partial charge in [0.05, 0.1) is 5.76 Å². The minimum Gasteiger partial charge on any atom is -0.828 e. The third-order valence-electron chi connectivity index (χ3n) is 1.35. The van der Waals surface area contributed by atoms with Crippen LogP contribution < -0.4 is 5.11 Å². The highest BCUT2D eigenvalue weighted by atomic mass is 19.4. The van der Waals surface area contributed by atoms with Crippen molar-refractivity contribution in [3.05, 3.63) is 12.3 Å². The second-order valence-corrected chi connectivity index (χ2v) is 2.77. The summed E-state index contributed by atoms with van der Waals surface area (Å²) in [4.78, 5) is 10.5. The van der Waals surface area contributed by atoms with Crippen LogP contribution in [0.1, 0.15) is 6.92 Å². The van der Waals surface area contributed by atoms with E-state index in [1.54, 1.807) is 0 Å². The van der Waals surface area contributed by atoms with Gasteiger partial charge in [0.25, 0.3) is 0 Å². The molecule has 0 fully saturated rings. The Balaban J connectivity index is 5.44. The predicted octanol–water partition coefficient (Wildman–Crippen LogP) is 1.29. The Morgan fingerprint density at radius 1 is 1.12 bits per heavy atom. The number of esters is 1. The Labute approximate surface area is 85.3 Å². The molecule has 0 bridgehead atoms. The summed E-state index contributed by atoms with van der Waals surface area (Å²) in [6, 6.07) is 0. The average molecular weight is 251 g/mol. The Morgan fingerprint density at radius 3 is 1.62 bits per heavy atom. The van der Waals surface area contributed by atoms with Crippen LogP contribution in [-0.4, -0.2) is 23.9 Å². The summed E-state index contributed by atoms with van der Waals surface area (Å²) in [6.07, 6.45) is -12.7. The molecule has 9 heteroatoms. The van der Waals surface area contributed by atoms with Crippen molar-refractivity contribution >= 4 is 5.97 Å². The van der Waals surface area contributed by atoms with Crippen LogP contribution in [0, 0.1) is 0 Å². The molecular formula is C7H5F6O3-. The number of hydrogen-bond donors (Lipinski definition) is 0. The third kappa shape index (κ3) is 2.46. The molecule has 0 aliphatic rings. The second kappa shape index (κ2) is 3.96. The molecule has 0 rings (SSSR count). The van der Waals surface area contributed by atoms with E-state index < -0.39 is 29.7 Å². The van der Waals surface area contributed by atoms with Crippen LogP contribution in [0.3, 0.4) is 0 Å². The lowest BCUT2D eigenvalue weighted by Gasteiger charge is -2.39. The van der Waals surface area contributed by atoms with Crippen molar-refractivity contribution in [2.45, 2.75) is 24.9 Å². The highest BCUT2D eigenvalue weighted by molar-refractivity contribution is 5.81. The average Bonchev–Trinajstić information content (AvgIpc) is 1.96. The lowest BCUT2D eigenvalue weighted by molar-refractivity contribution is -0.574. The molecule has 94 valence electrons. The van der Waals surface area contributed by atoms with Gasteiger partial charge in [-0.05, 0) is 6.92 Å². The summed E-state index contributed by atoms with van der Waals surface area (Å²) in [5.74, 6) is -3.75. The zero-order valence-electron chi connectivity index (χ0n) is 7.70. The van der Waals surface area contributed by atoms with E-state index in [0.717, 1.165) is 6.92 Å². The number of ether oxygens (including phenoxy) is 1. The molecule has 0 unspecified atom stereocenters. The monoisotopic (exact) mass is 251 g/mol. The number of halogens is 6. The molecule has 0 aliphatic heterocycles. The molecule has 0 aliphatic carbocycles. The van der Waals surface area contributed by atoms with Crippen LogP contribution in [0.4, 0.5) is 26.3 Å². The maximum absolute atomic E-state index is 11.9. The molecule has 0 atom stereocenters. The van der Waals surface area contributed by atoms with Crippen LogP contribution >= 0.6 is 0 Å². The first-order valence-electron chi connectivity index (χ1n) is 3.55. The Hall–Kier alpha value is -1.25. The highest BCUT2D eigenvalue weighted by Crippen LogP contribution is 2.41. The van der Waals surface area contributed by atoms with Gasteiger partial charge in [0, 0.05) is 0 Å². The van der Waals surface area contributed by atoms with Crippen molar-refractivity contribution < 1.29 is 41.0 Å². The van der Waals surface area contributed by atoms with Crippen molar-refractivity contribution in [2.24, 2.45) is 0 Å². The highest BCUT2D eigenvalue weighted by Gasteiger charge is 2.68. The van der Waals surface area contributed by atoms with Crippen molar-refractivity contribution in [3.8, 4) is 0 Å². The quantitative estimate of drug-likeness (QED) is 0.422. The summed E-state index contributed by atoms with van der Waals surface area (Å²) in [5.41, 5.74) is -5.81. The molecule has 0 radical (unpaired) electrons.